The second kappa shape index (κ2) is 4.56. The molecule has 96 valence electrons. The van der Waals surface area contributed by atoms with Gasteiger partial charge in [-0.1, -0.05) is 26.8 Å². The quantitative estimate of drug-likeness (QED) is 0.760. The van der Waals surface area contributed by atoms with Crippen molar-refractivity contribution in [3.8, 4) is 0 Å². The van der Waals surface area contributed by atoms with Crippen molar-refractivity contribution < 1.29 is 9.90 Å². The van der Waals surface area contributed by atoms with Gasteiger partial charge in [0.05, 0.1) is 6.10 Å². The lowest BCUT2D eigenvalue weighted by Crippen LogP contribution is -2.46. The third kappa shape index (κ3) is 2.20. The van der Waals surface area contributed by atoms with Gasteiger partial charge < -0.3 is 5.11 Å². The van der Waals surface area contributed by atoms with Crippen LogP contribution in [0, 0.1) is 29.6 Å². The van der Waals surface area contributed by atoms with Crippen molar-refractivity contribution in [2.75, 3.05) is 0 Å². The molecule has 0 aliphatic heterocycles. The molecule has 0 bridgehead atoms. The lowest BCUT2D eigenvalue weighted by Gasteiger charge is -2.47. The predicted molar refractivity (Wildman–Crippen MR) is 68.5 cm³/mol. The lowest BCUT2D eigenvalue weighted by molar-refractivity contribution is -0.120. The number of aliphatic hydroxyl groups is 1. The van der Waals surface area contributed by atoms with E-state index in [1.165, 1.54) is 0 Å². The largest absolute Gasteiger partial charge is 0.393 e. The minimum Gasteiger partial charge on any atom is -0.393 e. The lowest BCUT2D eigenvalue weighted by atomic mass is 9.59. The molecule has 5 atom stereocenters. The Bertz CT molecular complexity index is 343. The zero-order valence-corrected chi connectivity index (χ0v) is 11.3. The minimum absolute atomic E-state index is 0.205. The molecule has 2 aliphatic rings. The third-order valence-electron chi connectivity index (χ3n) is 4.80. The normalized spacial score (nSPS) is 42.4. The molecule has 17 heavy (non-hydrogen) atoms. The topological polar surface area (TPSA) is 37.3 Å². The van der Waals surface area contributed by atoms with E-state index in [4.69, 9.17) is 0 Å². The van der Waals surface area contributed by atoms with Crippen LogP contribution in [0.25, 0.3) is 0 Å². The van der Waals surface area contributed by atoms with Crippen LogP contribution in [0.5, 0.6) is 0 Å². The van der Waals surface area contributed by atoms with E-state index in [2.05, 4.69) is 26.8 Å². The summed E-state index contributed by atoms with van der Waals surface area (Å²) in [5, 5.41) is 10.3. The van der Waals surface area contributed by atoms with E-state index in [9.17, 15) is 9.90 Å². The Kier molecular flexibility index (Phi) is 3.44. The first-order valence-electron chi connectivity index (χ1n) is 6.81. The van der Waals surface area contributed by atoms with Crippen LogP contribution >= 0.6 is 0 Å². The minimum atomic E-state index is -0.205. The number of aliphatic hydroxyl groups excluding tert-OH is 1. The maximum Gasteiger partial charge on any atom is 0.158 e. The molecule has 2 aliphatic carbocycles. The molecule has 0 aromatic carbocycles. The van der Waals surface area contributed by atoms with Crippen LogP contribution in [0.15, 0.2) is 11.6 Å². The number of hydrogen-bond acceptors (Lipinski definition) is 2. The van der Waals surface area contributed by atoms with Crippen LogP contribution in [0.1, 0.15) is 40.5 Å². The Morgan fingerprint density at radius 3 is 2.65 bits per heavy atom. The van der Waals surface area contributed by atoms with Gasteiger partial charge in [-0.3, -0.25) is 4.79 Å². The van der Waals surface area contributed by atoms with E-state index in [1.54, 1.807) is 0 Å². The van der Waals surface area contributed by atoms with Gasteiger partial charge in [0, 0.05) is 6.42 Å². The first-order chi connectivity index (χ1) is 7.91. The summed E-state index contributed by atoms with van der Waals surface area (Å²) in [4.78, 5) is 11.8. The number of rotatable bonds is 1. The molecule has 0 aromatic rings. The molecular formula is C15H24O2. The van der Waals surface area contributed by atoms with E-state index >= 15 is 0 Å². The maximum absolute atomic E-state index is 11.8. The summed E-state index contributed by atoms with van der Waals surface area (Å²) in [6.07, 6.45) is 3.47. The van der Waals surface area contributed by atoms with E-state index in [1.807, 2.05) is 6.92 Å². The van der Waals surface area contributed by atoms with E-state index in [0.717, 1.165) is 12.0 Å². The van der Waals surface area contributed by atoms with Gasteiger partial charge in [-0.25, -0.2) is 0 Å². The van der Waals surface area contributed by atoms with Gasteiger partial charge in [0.1, 0.15) is 0 Å². The van der Waals surface area contributed by atoms with Gasteiger partial charge in [0.2, 0.25) is 0 Å². The summed E-state index contributed by atoms with van der Waals surface area (Å²) in [7, 11) is 0. The number of carbonyl (C=O) groups excluding carboxylic acids is 1. The van der Waals surface area contributed by atoms with Crippen molar-refractivity contribution in [3.05, 3.63) is 11.6 Å². The fourth-order valence-corrected chi connectivity index (χ4v) is 3.85. The van der Waals surface area contributed by atoms with Gasteiger partial charge in [0.15, 0.2) is 5.78 Å². The molecule has 0 aromatic heterocycles. The zero-order chi connectivity index (χ0) is 12.7. The van der Waals surface area contributed by atoms with Crippen LogP contribution in [0.4, 0.5) is 0 Å². The summed E-state index contributed by atoms with van der Waals surface area (Å²) in [5.74, 6) is 2.39. The van der Waals surface area contributed by atoms with Gasteiger partial charge in [-0.05, 0) is 48.5 Å². The highest BCUT2D eigenvalue weighted by molar-refractivity contribution is 5.95. The summed E-state index contributed by atoms with van der Waals surface area (Å²) in [6, 6.07) is 0. The van der Waals surface area contributed by atoms with Gasteiger partial charge >= 0.3 is 0 Å². The first-order valence-corrected chi connectivity index (χ1v) is 6.81. The number of hydrogen-bond donors (Lipinski definition) is 1. The molecule has 0 heterocycles. The molecule has 0 saturated heterocycles. The predicted octanol–water partition coefficient (Wildman–Crippen LogP) is 2.81. The van der Waals surface area contributed by atoms with Crippen molar-refractivity contribution in [2.24, 2.45) is 29.6 Å². The summed E-state index contributed by atoms with van der Waals surface area (Å²) >= 11 is 0. The zero-order valence-electron chi connectivity index (χ0n) is 11.3. The van der Waals surface area contributed by atoms with Crippen LogP contribution in [-0.4, -0.2) is 17.0 Å². The van der Waals surface area contributed by atoms with E-state index < -0.39 is 0 Å². The van der Waals surface area contributed by atoms with Crippen LogP contribution in [-0.2, 0) is 4.79 Å². The monoisotopic (exact) mass is 236 g/mol. The fourth-order valence-electron chi connectivity index (χ4n) is 3.85. The standard InChI is InChI=1S/C15H24O2/c1-8(2)15-12-5-10(4)13(16)7-11(12)9(3)6-14(15)17/h5,8-9,11-12,14-15,17H,6-7H2,1-4H3/t9-,11+,12+,14-,15+/m0/s1. The van der Waals surface area contributed by atoms with Crippen molar-refractivity contribution in [3.63, 3.8) is 0 Å². The highest BCUT2D eigenvalue weighted by Gasteiger charge is 2.45. The molecule has 0 radical (unpaired) electrons. The molecule has 2 rings (SSSR count). The van der Waals surface area contributed by atoms with Crippen molar-refractivity contribution in [1.82, 2.24) is 0 Å². The van der Waals surface area contributed by atoms with E-state index in [-0.39, 0.29) is 6.10 Å². The number of fused-ring (bicyclic) bond motifs is 1. The molecule has 0 spiro atoms. The van der Waals surface area contributed by atoms with E-state index in [0.29, 0.717) is 41.8 Å². The molecular weight excluding hydrogens is 212 g/mol. The number of allylic oxidation sites excluding steroid dienone is 2. The summed E-state index contributed by atoms with van der Waals surface area (Å²) < 4.78 is 0. The Morgan fingerprint density at radius 2 is 2.06 bits per heavy atom. The Labute approximate surface area is 104 Å². The highest BCUT2D eigenvalue weighted by atomic mass is 16.3. The highest BCUT2D eigenvalue weighted by Crippen LogP contribution is 2.47. The third-order valence-corrected chi connectivity index (χ3v) is 4.80. The van der Waals surface area contributed by atoms with Crippen LogP contribution in [0.2, 0.25) is 0 Å². The van der Waals surface area contributed by atoms with Gasteiger partial charge in [0.25, 0.3) is 0 Å². The maximum atomic E-state index is 11.8. The second-order valence-electron chi connectivity index (χ2n) is 6.32. The van der Waals surface area contributed by atoms with Gasteiger partial charge in [-0.15, -0.1) is 0 Å². The fraction of sp³-hybridized carbons (Fsp3) is 0.800. The van der Waals surface area contributed by atoms with Crippen molar-refractivity contribution in [2.45, 2.75) is 46.6 Å². The molecule has 2 nitrogen and oxygen atoms in total. The van der Waals surface area contributed by atoms with Crippen molar-refractivity contribution in [1.29, 1.82) is 0 Å². The number of carbonyl (C=O) groups is 1. The molecule has 0 unspecified atom stereocenters. The Balaban J connectivity index is 2.34. The SMILES string of the molecule is CC1=C[C@@H]2[C@H](CC1=O)[C@@H](C)C[C@H](O)[C@@H]2C(C)C. The number of Topliss-reactive ketones (excluding diaryl/α,β-unsaturated/α-hetero) is 1. The van der Waals surface area contributed by atoms with Crippen LogP contribution < -0.4 is 0 Å². The Hall–Kier alpha value is -0.630. The summed E-state index contributed by atoms with van der Waals surface area (Å²) in [5.41, 5.74) is 0.901. The average molecular weight is 236 g/mol. The molecule has 0 amide bonds. The smallest absolute Gasteiger partial charge is 0.158 e. The second-order valence-corrected chi connectivity index (χ2v) is 6.32. The molecule has 1 N–H and O–H groups in total. The summed E-state index contributed by atoms with van der Waals surface area (Å²) in [6.45, 7) is 8.46. The molecule has 1 saturated carbocycles. The van der Waals surface area contributed by atoms with Gasteiger partial charge in [-0.2, -0.15) is 0 Å². The Morgan fingerprint density at radius 1 is 1.41 bits per heavy atom. The molecule has 2 heteroatoms. The molecule has 1 fully saturated rings. The average Bonchev–Trinajstić information content (AvgIpc) is 2.20. The first kappa shape index (κ1) is 12.8. The van der Waals surface area contributed by atoms with Crippen LogP contribution in [0.3, 0.4) is 0 Å². The van der Waals surface area contributed by atoms with Crippen molar-refractivity contribution >= 4 is 5.78 Å². The number of ketones is 1.